The molecule has 0 spiro atoms. The minimum absolute atomic E-state index is 0.0878. The van der Waals surface area contributed by atoms with Gasteiger partial charge in [-0.2, -0.15) is 0 Å². The Morgan fingerprint density at radius 1 is 1.50 bits per heavy atom. The highest BCUT2D eigenvalue weighted by molar-refractivity contribution is 5.94. The second-order valence-electron chi connectivity index (χ2n) is 5.07. The van der Waals surface area contributed by atoms with E-state index in [-0.39, 0.29) is 12.0 Å². The lowest BCUT2D eigenvalue weighted by Gasteiger charge is -2.12. The molecule has 0 radical (unpaired) electrons. The fourth-order valence-electron chi connectivity index (χ4n) is 2.60. The molecule has 1 aromatic carbocycles. The van der Waals surface area contributed by atoms with Gasteiger partial charge in [-0.05, 0) is 31.4 Å². The lowest BCUT2D eigenvalue weighted by Crippen LogP contribution is -2.28. The lowest BCUT2D eigenvalue weighted by molar-refractivity contribution is -0.124. The van der Waals surface area contributed by atoms with Crippen LogP contribution in [0.1, 0.15) is 26.2 Å². The number of aryl methyl sites for hydroxylation is 1. The normalized spacial score (nSPS) is 18.6. The molecule has 0 saturated carbocycles. The van der Waals surface area contributed by atoms with Crippen molar-refractivity contribution in [2.75, 3.05) is 11.9 Å². The first-order valence-corrected chi connectivity index (χ1v) is 7.17. The quantitative estimate of drug-likeness (QED) is 0.931. The highest BCUT2D eigenvalue weighted by Crippen LogP contribution is 2.21. The summed E-state index contributed by atoms with van der Waals surface area (Å²) >= 11 is 0. The third kappa shape index (κ3) is 2.41. The van der Waals surface area contributed by atoms with Crippen molar-refractivity contribution >= 4 is 22.9 Å². The zero-order valence-corrected chi connectivity index (χ0v) is 11.6. The Labute approximate surface area is 117 Å². The summed E-state index contributed by atoms with van der Waals surface area (Å²) in [5.41, 5.74) is 1.96. The average molecular weight is 273 g/mol. The molecular formula is C15H19N3O2. The standard InChI is InChI=1S/C15H19N3O2/c1-2-9-18-12-7-4-3-6-11(12)16-15(18)17-14(19)13-8-5-10-20-13/h3-4,6-7,13H,2,5,8-10H2,1H3,(H,16,17,19). The molecule has 1 aliphatic rings. The van der Waals surface area contributed by atoms with Crippen LogP contribution in [0.3, 0.4) is 0 Å². The van der Waals surface area contributed by atoms with E-state index < -0.39 is 0 Å². The van der Waals surface area contributed by atoms with E-state index in [0.29, 0.717) is 12.6 Å². The molecular weight excluding hydrogens is 254 g/mol. The van der Waals surface area contributed by atoms with Crippen LogP contribution in [0.25, 0.3) is 11.0 Å². The summed E-state index contributed by atoms with van der Waals surface area (Å²) in [5.74, 6) is 0.531. The summed E-state index contributed by atoms with van der Waals surface area (Å²) in [6.07, 6.45) is 2.40. The highest BCUT2D eigenvalue weighted by atomic mass is 16.5. The Balaban J connectivity index is 1.89. The molecule has 0 bridgehead atoms. The first-order valence-electron chi connectivity index (χ1n) is 7.17. The van der Waals surface area contributed by atoms with Gasteiger partial charge in [0, 0.05) is 13.2 Å². The first-order chi connectivity index (χ1) is 9.79. The van der Waals surface area contributed by atoms with Crippen molar-refractivity contribution in [2.24, 2.45) is 0 Å². The zero-order chi connectivity index (χ0) is 13.9. The molecule has 1 unspecified atom stereocenters. The summed E-state index contributed by atoms with van der Waals surface area (Å²) in [6.45, 7) is 3.62. The Kier molecular flexibility index (Phi) is 3.69. The van der Waals surface area contributed by atoms with Crippen LogP contribution in [0.2, 0.25) is 0 Å². The number of nitrogens with one attached hydrogen (secondary N) is 1. The Morgan fingerprint density at radius 2 is 2.35 bits per heavy atom. The van der Waals surface area contributed by atoms with Crippen LogP contribution in [-0.4, -0.2) is 28.2 Å². The van der Waals surface area contributed by atoms with E-state index in [2.05, 4.69) is 21.8 Å². The predicted octanol–water partition coefficient (Wildman–Crippen LogP) is 2.56. The van der Waals surface area contributed by atoms with E-state index in [1.54, 1.807) is 0 Å². The maximum atomic E-state index is 12.2. The molecule has 1 saturated heterocycles. The first kappa shape index (κ1) is 13.1. The van der Waals surface area contributed by atoms with Gasteiger partial charge in [0.15, 0.2) is 0 Å². The van der Waals surface area contributed by atoms with Crippen molar-refractivity contribution in [3.63, 3.8) is 0 Å². The molecule has 20 heavy (non-hydrogen) atoms. The molecule has 5 nitrogen and oxygen atoms in total. The molecule has 3 rings (SSSR count). The number of carbonyl (C=O) groups is 1. The van der Waals surface area contributed by atoms with Gasteiger partial charge in [0.05, 0.1) is 11.0 Å². The van der Waals surface area contributed by atoms with Crippen LogP contribution in [0.4, 0.5) is 5.95 Å². The van der Waals surface area contributed by atoms with Crippen molar-refractivity contribution in [1.82, 2.24) is 9.55 Å². The van der Waals surface area contributed by atoms with E-state index in [1.807, 2.05) is 24.3 Å². The molecule has 1 fully saturated rings. The lowest BCUT2D eigenvalue weighted by atomic mass is 10.2. The van der Waals surface area contributed by atoms with Gasteiger partial charge in [0.25, 0.3) is 5.91 Å². The van der Waals surface area contributed by atoms with Crippen molar-refractivity contribution in [1.29, 1.82) is 0 Å². The van der Waals surface area contributed by atoms with Gasteiger partial charge in [-0.25, -0.2) is 4.98 Å². The second-order valence-corrected chi connectivity index (χ2v) is 5.07. The van der Waals surface area contributed by atoms with Crippen LogP contribution in [-0.2, 0) is 16.1 Å². The summed E-state index contributed by atoms with van der Waals surface area (Å²) in [7, 11) is 0. The van der Waals surface area contributed by atoms with Gasteiger partial charge in [-0.15, -0.1) is 0 Å². The number of carbonyl (C=O) groups excluding carboxylic acids is 1. The topological polar surface area (TPSA) is 56.2 Å². The van der Waals surface area contributed by atoms with E-state index in [0.717, 1.165) is 36.8 Å². The Hall–Kier alpha value is -1.88. The minimum Gasteiger partial charge on any atom is -0.368 e. The number of hydrogen-bond acceptors (Lipinski definition) is 3. The maximum absolute atomic E-state index is 12.2. The number of nitrogens with zero attached hydrogens (tertiary/aromatic N) is 2. The summed E-state index contributed by atoms with van der Waals surface area (Å²) in [4.78, 5) is 16.7. The number of benzene rings is 1. The van der Waals surface area contributed by atoms with E-state index >= 15 is 0 Å². The Bertz CT molecular complexity index is 615. The number of rotatable bonds is 4. The van der Waals surface area contributed by atoms with Gasteiger partial charge in [-0.1, -0.05) is 19.1 Å². The number of amides is 1. The molecule has 1 amide bonds. The van der Waals surface area contributed by atoms with E-state index in [9.17, 15) is 4.79 Å². The number of aromatic nitrogens is 2. The zero-order valence-electron chi connectivity index (χ0n) is 11.6. The highest BCUT2D eigenvalue weighted by Gasteiger charge is 2.25. The number of fused-ring (bicyclic) bond motifs is 1. The number of imidazole rings is 1. The molecule has 2 aromatic rings. The van der Waals surface area contributed by atoms with Gasteiger partial charge in [-0.3, -0.25) is 10.1 Å². The third-order valence-electron chi connectivity index (χ3n) is 3.56. The van der Waals surface area contributed by atoms with Crippen LogP contribution < -0.4 is 5.32 Å². The molecule has 1 N–H and O–H groups in total. The minimum atomic E-state index is -0.329. The molecule has 5 heteroatoms. The van der Waals surface area contributed by atoms with Gasteiger partial charge < -0.3 is 9.30 Å². The number of para-hydroxylation sites is 2. The van der Waals surface area contributed by atoms with Gasteiger partial charge in [0.2, 0.25) is 5.95 Å². The third-order valence-corrected chi connectivity index (χ3v) is 3.56. The average Bonchev–Trinajstić information content (AvgIpc) is 3.08. The van der Waals surface area contributed by atoms with Crippen LogP contribution >= 0.6 is 0 Å². The fraction of sp³-hybridized carbons (Fsp3) is 0.467. The number of anilines is 1. The van der Waals surface area contributed by atoms with E-state index in [1.165, 1.54) is 0 Å². The van der Waals surface area contributed by atoms with Crippen molar-refractivity contribution in [3.05, 3.63) is 24.3 Å². The summed E-state index contributed by atoms with van der Waals surface area (Å²) in [5, 5.41) is 2.91. The monoisotopic (exact) mass is 273 g/mol. The molecule has 1 atom stereocenters. The number of ether oxygens (including phenoxy) is 1. The summed E-state index contributed by atoms with van der Waals surface area (Å²) < 4.78 is 7.47. The fourth-order valence-corrected chi connectivity index (χ4v) is 2.60. The Morgan fingerprint density at radius 3 is 3.10 bits per heavy atom. The van der Waals surface area contributed by atoms with Gasteiger partial charge in [0.1, 0.15) is 6.10 Å². The van der Waals surface area contributed by atoms with Crippen molar-refractivity contribution in [3.8, 4) is 0 Å². The van der Waals surface area contributed by atoms with Crippen molar-refractivity contribution < 1.29 is 9.53 Å². The van der Waals surface area contributed by atoms with Crippen LogP contribution in [0.5, 0.6) is 0 Å². The van der Waals surface area contributed by atoms with Gasteiger partial charge >= 0.3 is 0 Å². The predicted molar refractivity (Wildman–Crippen MR) is 77.6 cm³/mol. The SMILES string of the molecule is CCCn1c(NC(=O)C2CCCO2)nc2ccccc21. The summed E-state index contributed by atoms with van der Waals surface area (Å²) in [6, 6.07) is 7.93. The van der Waals surface area contributed by atoms with Crippen LogP contribution in [0, 0.1) is 0 Å². The van der Waals surface area contributed by atoms with E-state index in [4.69, 9.17) is 4.74 Å². The molecule has 1 aromatic heterocycles. The van der Waals surface area contributed by atoms with Crippen molar-refractivity contribution in [2.45, 2.75) is 38.8 Å². The second kappa shape index (κ2) is 5.63. The molecule has 1 aliphatic heterocycles. The largest absolute Gasteiger partial charge is 0.368 e. The molecule has 2 heterocycles. The van der Waals surface area contributed by atoms with Crippen LogP contribution in [0.15, 0.2) is 24.3 Å². The maximum Gasteiger partial charge on any atom is 0.255 e. The molecule has 0 aliphatic carbocycles. The molecule has 106 valence electrons. The number of hydrogen-bond donors (Lipinski definition) is 1. The smallest absolute Gasteiger partial charge is 0.255 e.